The fourth-order valence-corrected chi connectivity index (χ4v) is 2.84. The summed E-state index contributed by atoms with van der Waals surface area (Å²) in [5.74, 6) is 1.38. The highest BCUT2D eigenvalue weighted by Gasteiger charge is 2.07. The van der Waals surface area contributed by atoms with E-state index < -0.39 is 0 Å². The maximum atomic E-state index is 5.63. The second-order valence-electron chi connectivity index (χ2n) is 7.12. The average molecular weight is 519 g/mol. The highest BCUT2D eigenvalue weighted by atomic mass is 127. The number of rotatable bonds is 7. The van der Waals surface area contributed by atoms with Crippen LogP contribution < -0.4 is 15.5 Å². The molecular weight excluding hydrogens is 489 g/mol. The number of guanidine groups is 1. The zero-order valence-corrected chi connectivity index (χ0v) is 20.3. The predicted molar refractivity (Wildman–Crippen MR) is 135 cm³/mol. The van der Waals surface area contributed by atoms with E-state index >= 15 is 0 Å². The minimum absolute atomic E-state index is 0. The molecule has 0 amide bonds. The van der Waals surface area contributed by atoms with E-state index in [4.69, 9.17) is 9.41 Å². The molecule has 3 aromatic rings. The first kappa shape index (κ1) is 23.7. The third kappa shape index (κ3) is 6.76. The van der Waals surface area contributed by atoms with Crippen LogP contribution in [0.25, 0.3) is 11.5 Å². The third-order valence-electron chi connectivity index (χ3n) is 4.48. The lowest BCUT2D eigenvalue weighted by Gasteiger charge is -2.13. The van der Waals surface area contributed by atoms with Crippen LogP contribution in [0.3, 0.4) is 0 Å². The molecule has 1 heterocycles. The minimum Gasteiger partial charge on any atom is -0.444 e. The summed E-state index contributed by atoms with van der Waals surface area (Å²) in [6.45, 7) is 6.04. The molecular formula is C23H30IN5O. The molecule has 0 aliphatic heterocycles. The Morgan fingerprint density at radius 2 is 1.87 bits per heavy atom. The average Bonchev–Trinajstić information content (AvgIpc) is 3.20. The van der Waals surface area contributed by atoms with E-state index in [0.717, 1.165) is 29.3 Å². The van der Waals surface area contributed by atoms with Crippen molar-refractivity contribution in [3.63, 3.8) is 0 Å². The molecule has 2 aromatic carbocycles. The molecule has 0 spiro atoms. The van der Waals surface area contributed by atoms with Crippen LogP contribution >= 0.6 is 24.0 Å². The number of aryl methyl sites for hydroxylation is 1. The Morgan fingerprint density at radius 1 is 1.10 bits per heavy atom. The van der Waals surface area contributed by atoms with Crippen molar-refractivity contribution in [2.45, 2.75) is 26.9 Å². The largest absolute Gasteiger partial charge is 0.444 e. The maximum absolute atomic E-state index is 5.63. The van der Waals surface area contributed by atoms with E-state index in [1.54, 1.807) is 6.26 Å². The third-order valence-corrected chi connectivity index (χ3v) is 4.48. The van der Waals surface area contributed by atoms with Crippen LogP contribution in [0.5, 0.6) is 0 Å². The molecule has 0 fully saturated rings. The van der Waals surface area contributed by atoms with Crippen molar-refractivity contribution >= 4 is 35.6 Å². The second kappa shape index (κ2) is 11.6. The molecule has 0 radical (unpaired) electrons. The molecule has 7 heteroatoms. The summed E-state index contributed by atoms with van der Waals surface area (Å²) in [6, 6.07) is 16.5. The van der Waals surface area contributed by atoms with Gasteiger partial charge in [-0.15, -0.1) is 24.0 Å². The monoisotopic (exact) mass is 519 g/mol. The molecule has 0 aliphatic rings. The summed E-state index contributed by atoms with van der Waals surface area (Å²) in [6.07, 6.45) is 1.69. The molecule has 30 heavy (non-hydrogen) atoms. The van der Waals surface area contributed by atoms with Gasteiger partial charge in [0.1, 0.15) is 6.26 Å². The Labute approximate surface area is 195 Å². The van der Waals surface area contributed by atoms with Gasteiger partial charge in [-0.05, 0) is 43.7 Å². The van der Waals surface area contributed by atoms with Gasteiger partial charge < -0.3 is 20.0 Å². The summed E-state index contributed by atoms with van der Waals surface area (Å²) in [4.78, 5) is 11.4. The molecule has 0 unspecified atom stereocenters. The molecule has 1 aromatic heterocycles. The first-order valence-corrected chi connectivity index (χ1v) is 9.85. The smallest absolute Gasteiger partial charge is 0.226 e. The topological polar surface area (TPSA) is 65.7 Å². The van der Waals surface area contributed by atoms with Gasteiger partial charge in [-0.2, -0.15) is 0 Å². The van der Waals surface area contributed by atoms with Crippen LogP contribution in [0.15, 0.2) is 64.2 Å². The number of aliphatic imine (C=N–C) groups is 1. The number of oxazole rings is 1. The number of aromatic nitrogens is 1. The van der Waals surface area contributed by atoms with E-state index in [1.807, 2.05) is 26.2 Å². The first-order chi connectivity index (χ1) is 14.0. The fourth-order valence-electron chi connectivity index (χ4n) is 2.84. The number of nitrogens with one attached hydrogen (secondary N) is 2. The van der Waals surface area contributed by atoms with E-state index in [2.05, 4.69) is 70.8 Å². The summed E-state index contributed by atoms with van der Waals surface area (Å²) >= 11 is 0. The van der Waals surface area contributed by atoms with Crippen molar-refractivity contribution < 1.29 is 4.42 Å². The standard InChI is InChI=1S/C23H29N5O.HI/c1-5-24-23(25-14-18-7-6-8-21(13-18)28(3)4)26-15-20-16-29-22(27-20)19-11-9-17(2)10-12-19;/h6-13,16H,5,14-15H2,1-4H3,(H2,24,25,26);1H. The Morgan fingerprint density at radius 3 is 2.57 bits per heavy atom. The Balaban J connectivity index is 0.00000320. The van der Waals surface area contributed by atoms with Crippen LogP contribution in [0.4, 0.5) is 5.69 Å². The highest BCUT2D eigenvalue weighted by molar-refractivity contribution is 14.0. The maximum Gasteiger partial charge on any atom is 0.226 e. The molecule has 0 bridgehead atoms. The summed E-state index contributed by atoms with van der Waals surface area (Å²) < 4.78 is 5.63. The van der Waals surface area contributed by atoms with E-state index in [9.17, 15) is 0 Å². The number of nitrogens with zero attached hydrogens (tertiary/aromatic N) is 3. The predicted octanol–water partition coefficient (Wildman–Crippen LogP) is 4.59. The van der Waals surface area contributed by atoms with Crippen LogP contribution in [0.2, 0.25) is 0 Å². The Kier molecular flexibility index (Phi) is 9.16. The first-order valence-electron chi connectivity index (χ1n) is 9.85. The van der Waals surface area contributed by atoms with Gasteiger partial charge in [0.05, 0.1) is 18.8 Å². The number of halogens is 1. The van der Waals surface area contributed by atoms with Crippen LogP contribution in [-0.2, 0) is 13.1 Å². The van der Waals surface area contributed by atoms with Crippen LogP contribution in [0, 0.1) is 6.92 Å². The van der Waals surface area contributed by atoms with Crippen LogP contribution in [0.1, 0.15) is 23.7 Å². The molecule has 0 saturated heterocycles. The van der Waals surface area contributed by atoms with Crippen molar-refractivity contribution in [2.75, 3.05) is 25.5 Å². The lowest BCUT2D eigenvalue weighted by Crippen LogP contribution is -2.36. The quantitative estimate of drug-likeness (QED) is 0.272. The lowest BCUT2D eigenvalue weighted by atomic mass is 10.1. The number of hydrogen-bond donors (Lipinski definition) is 2. The molecule has 160 valence electrons. The number of hydrogen-bond acceptors (Lipinski definition) is 4. The fraction of sp³-hybridized carbons (Fsp3) is 0.304. The van der Waals surface area contributed by atoms with Crippen molar-refractivity contribution in [2.24, 2.45) is 4.99 Å². The molecule has 3 rings (SSSR count). The van der Waals surface area contributed by atoms with E-state index in [0.29, 0.717) is 19.0 Å². The van der Waals surface area contributed by atoms with Crippen molar-refractivity contribution in [3.8, 4) is 11.5 Å². The van der Waals surface area contributed by atoms with Gasteiger partial charge in [0.15, 0.2) is 5.96 Å². The molecule has 0 saturated carbocycles. The van der Waals surface area contributed by atoms with Crippen molar-refractivity contribution in [1.29, 1.82) is 0 Å². The van der Waals surface area contributed by atoms with Crippen LogP contribution in [-0.4, -0.2) is 31.6 Å². The summed E-state index contributed by atoms with van der Waals surface area (Å²) in [5.41, 5.74) is 5.35. The Hall–Kier alpha value is -2.55. The zero-order chi connectivity index (χ0) is 20.6. The van der Waals surface area contributed by atoms with Gasteiger partial charge in [0.2, 0.25) is 5.89 Å². The minimum atomic E-state index is 0. The summed E-state index contributed by atoms with van der Waals surface area (Å²) in [5, 5.41) is 6.60. The van der Waals surface area contributed by atoms with Gasteiger partial charge in [0.25, 0.3) is 0 Å². The zero-order valence-electron chi connectivity index (χ0n) is 18.0. The van der Waals surface area contributed by atoms with Gasteiger partial charge in [-0.1, -0.05) is 29.8 Å². The van der Waals surface area contributed by atoms with Crippen molar-refractivity contribution in [1.82, 2.24) is 15.6 Å². The normalized spacial score (nSPS) is 11.0. The van der Waals surface area contributed by atoms with Gasteiger partial charge in [-0.25, -0.2) is 9.98 Å². The SMILES string of the molecule is CCNC(=NCc1cccc(N(C)C)c1)NCc1coc(-c2ccc(C)cc2)n1.I. The lowest BCUT2D eigenvalue weighted by molar-refractivity contribution is 0.572. The molecule has 6 nitrogen and oxygen atoms in total. The second-order valence-corrected chi connectivity index (χ2v) is 7.12. The summed E-state index contributed by atoms with van der Waals surface area (Å²) in [7, 11) is 4.08. The molecule has 0 aliphatic carbocycles. The Bertz CT molecular complexity index is 950. The van der Waals surface area contributed by atoms with Gasteiger partial charge >= 0.3 is 0 Å². The van der Waals surface area contributed by atoms with Gasteiger partial charge in [0, 0.05) is 31.9 Å². The molecule has 2 N–H and O–H groups in total. The van der Waals surface area contributed by atoms with Gasteiger partial charge in [-0.3, -0.25) is 0 Å². The number of anilines is 1. The van der Waals surface area contributed by atoms with Crippen molar-refractivity contribution in [3.05, 3.63) is 71.6 Å². The van der Waals surface area contributed by atoms with E-state index in [1.165, 1.54) is 11.3 Å². The highest BCUT2D eigenvalue weighted by Crippen LogP contribution is 2.19. The number of benzene rings is 2. The van der Waals surface area contributed by atoms with E-state index in [-0.39, 0.29) is 24.0 Å². The molecule has 0 atom stereocenters.